The lowest BCUT2D eigenvalue weighted by atomic mass is 10.2. The van der Waals surface area contributed by atoms with Crippen LogP contribution < -0.4 is 0 Å². The van der Waals surface area contributed by atoms with Crippen LogP contribution >= 0.6 is 0 Å². The first kappa shape index (κ1) is 13.0. The van der Waals surface area contributed by atoms with Crippen LogP contribution in [-0.4, -0.2) is 28.4 Å². The predicted octanol–water partition coefficient (Wildman–Crippen LogP) is 2.11. The molecule has 0 aliphatic heterocycles. The highest BCUT2D eigenvalue weighted by Crippen LogP contribution is 2.25. The maximum atomic E-state index is 11.1. The molecular formula is C14H11N3O4. The summed E-state index contributed by atoms with van der Waals surface area (Å²) in [5.41, 5.74) is 1.31. The molecule has 1 aromatic carbocycles. The Kier molecular flexibility index (Phi) is 3.46. The zero-order valence-corrected chi connectivity index (χ0v) is 11.1. The van der Waals surface area contributed by atoms with Crippen LogP contribution in [0.4, 0.5) is 0 Å². The van der Waals surface area contributed by atoms with Gasteiger partial charge in [0.2, 0.25) is 5.89 Å². The molecule has 0 atom stereocenters. The molecule has 106 valence electrons. The van der Waals surface area contributed by atoms with Crippen molar-refractivity contribution in [1.82, 2.24) is 15.4 Å². The Bertz CT molecular complexity index is 748. The Hall–Kier alpha value is -2.96. The highest BCUT2D eigenvalue weighted by molar-refractivity contribution is 5.71. The summed E-state index contributed by atoms with van der Waals surface area (Å²) in [5.74, 6) is 0.509. The van der Waals surface area contributed by atoms with Crippen LogP contribution in [-0.2, 0) is 16.0 Å². The molecule has 0 amide bonds. The Labute approximate surface area is 119 Å². The SMILES string of the molecule is COC(=O)Cc1nnc(-c2cc(-c3ccccc3)on2)o1. The van der Waals surface area contributed by atoms with E-state index in [2.05, 4.69) is 20.1 Å². The normalized spacial score (nSPS) is 10.5. The van der Waals surface area contributed by atoms with Gasteiger partial charge in [0.15, 0.2) is 11.5 Å². The van der Waals surface area contributed by atoms with Gasteiger partial charge in [0, 0.05) is 11.6 Å². The quantitative estimate of drug-likeness (QED) is 0.678. The van der Waals surface area contributed by atoms with Crippen LogP contribution in [0.15, 0.2) is 45.3 Å². The van der Waals surface area contributed by atoms with Gasteiger partial charge in [0.05, 0.1) is 7.11 Å². The molecule has 0 N–H and O–H groups in total. The van der Waals surface area contributed by atoms with E-state index >= 15 is 0 Å². The van der Waals surface area contributed by atoms with Gasteiger partial charge in [-0.2, -0.15) is 0 Å². The van der Waals surface area contributed by atoms with E-state index in [4.69, 9.17) is 8.94 Å². The first-order valence-corrected chi connectivity index (χ1v) is 6.18. The molecule has 7 nitrogen and oxygen atoms in total. The first-order valence-electron chi connectivity index (χ1n) is 6.18. The molecule has 0 radical (unpaired) electrons. The average Bonchev–Trinajstić information content (AvgIpc) is 3.17. The molecule has 3 aromatic rings. The van der Waals surface area contributed by atoms with Crippen LogP contribution in [0, 0.1) is 0 Å². The van der Waals surface area contributed by atoms with E-state index in [0.29, 0.717) is 11.5 Å². The Morgan fingerprint density at radius 1 is 1.24 bits per heavy atom. The number of hydrogen-bond donors (Lipinski definition) is 0. The predicted molar refractivity (Wildman–Crippen MR) is 71.0 cm³/mol. The minimum absolute atomic E-state index is 0.0765. The Morgan fingerprint density at radius 2 is 2.05 bits per heavy atom. The molecule has 7 heteroatoms. The monoisotopic (exact) mass is 285 g/mol. The van der Waals surface area contributed by atoms with Gasteiger partial charge < -0.3 is 13.7 Å². The summed E-state index contributed by atoms with van der Waals surface area (Å²) >= 11 is 0. The van der Waals surface area contributed by atoms with Gasteiger partial charge in [-0.3, -0.25) is 4.79 Å². The zero-order chi connectivity index (χ0) is 14.7. The molecule has 0 fully saturated rings. The van der Waals surface area contributed by atoms with Crippen LogP contribution in [0.1, 0.15) is 5.89 Å². The Balaban J connectivity index is 1.82. The minimum Gasteiger partial charge on any atom is -0.469 e. The largest absolute Gasteiger partial charge is 0.469 e. The first-order chi connectivity index (χ1) is 10.3. The molecule has 0 bridgehead atoms. The summed E-state index contributed by atoms with van der Waals surface area (Å²) in [7, 11) is 1.30. The summed E-state index contributed by atoms with van der Waals surface area (Å²) in [4.78, 5) is 11.1. The molecule has 0 unspecified atom stereocenters. The van der Waals surface area contributed by atoms with Crippen molar-refractivity contribution in [3.8, 4) is 22.9 Å². The van der Waals surface area contributed by atoms with Crippen LogP contribution in [0.5, 0.6) is 0 Å². The molecule has 0 spiro atoms. The van der Waals surface area contributed by atoms with Crippen molar-refractivity contribution in [2.45, 2.75) is 6.42 Å². The standard InChI is InChI=1S/C14H11N3O4/c1-19-13(18)8-12-15-16-14(20-12)10-7-11(21-17-10)9-5-3-2-4-6-9/h2-7H,8H2,1H3. The van der Waals surface area contributed by atoms with Gasteiger partial charge in [-0.05, 0) is 0 Å². The molecule has 0 aliphatic carbocycles. The molecule has 2 heterocycles. The topological polar surface area (TPSA) is 91.2 Å². The number of carbonyl (C=O) groups is 1. The minimum atomic E-state index is -0.449. The van der Waals surface area contributed by atoms with E-state index in [0.717, 1.165) is 5.56 Å². The number of nitrogens with zero attached hydrogens (tertiary/aromatic N) is 3. The number of esters is 1. The van der Waals surface area contributed by atoms with Gasteiger partial charge in [-0.1, -0.05) is 35.5 Å². The fourth-order valence-electron chi connectivity index (χ4n) is 1.74. The van der Waals surface area contributed by atoms with Gasteiger partial charge in [0.1, 0.15) is 6.42 Å². The number of rotatable bonds is 4. The maximum absolute atomic E-state index is 11.1. The van der Waals surface area contributed by atoms with E-state index in [1.807, 2.05) is 30.3 Å². The number of aromatic nitrogens is 3. The van der Waals surface area contributed by atoms with Crippen molar-refractivity contribution >= 4 is 5.97 Å². The Morgan fingerprint density at radius 3 is 2.81 bits per heavy atom. The molecule has 21 heavy (non-hydrogen) atoms. The lowest BCUT2D eigenvalue weighted by molar-refractivity contribution is -0.140. The summed E-state index contributed by atoms with van der Waals surface area (Å²) in [6.07, 6.45) is -0.0765. The second kappa shape index (κ2) is 5.58. The second-order valence-corrected chi connectivity index (χ2v) is 4.20. The summed E-state index contributed by atoms with van der Waals surface area (Å²) in [5, 5.41) is 11.5. The smallest absolute Gasteiger partial charge is 0.315 e. The number of benzene rings is 1. The van der Waals surface area contributed by atoms with E-state index in [9.17, 15) is 4.79 Å². The second-order valence-electron chi connectivity index (χ2n) is 4.20. The van der Waals surface area contributed by atoms with Gasteiger partial charge in [-0.15, -0.1) is 10.2 Å². The molecule has 0 saturated carbocycles. The molecule has 3 rings (SSSR count). The van der Waals surface area contributed by atoms with E-state index in [1.165, 1.54) is 7.11 Å². The lowest BCUT2D eigenvalue weighted by Crippen LogP contribution is -2.04. The number of ether oxygens (including phenoxy) is 1. The maximum Gasteiger partial charge on any atom is 0.315 e. The van der Waals surface area contributed by atoms with Crippen LogP contribution in [0.25, 0.3) is 22.9 Å². The summed E-state index contributed by atoms with van der Waals surface area (Å²) < 4.78 is 15.1. The molecule has 0 aliphatic rings. The third-order valence-electron chi connectivity index (χ3n) is 2.78. The average molecular weight is 285 g/mol. The molecular weight excluding hydrogens is 274 g/mol. The van der Waals surface area contributed by atoms with Crippen molar-refractivity contribution < 1.29 is 18.5 Å². The van der Waals surface area contributed by atoms with Crippen molar-refractivity contribution in [3.05, 3.63) is 42.3 Å². The van der Waals surface area contributed by atoms with Crippen molar-refractivity contribution in [1.29, 1.82) is 0 Å². The van der Waals surface area contributed by atoms with Gasteiger partial charge in [0.25, 0.3) is 5.89 Å². The van der Waals surface area contributed by atoms with E-state index < -0.39 is 5.97 Å². The highest BCUT2D eigenvalue weighted by Gasteiger charge is 2.16. The number of hydrogen-bond acceptors (Lipinski definition) is 7. The van der Waals surface area contributed by atoms with Crippen LogP contribution in [0.3, 0.4) is 0 Å². The number of methoxy groups -OCH3 is 1. The van der Waals surface area contributed by atoms with Gasteiger partial charge >= 0.3 is 5.97 Å². The van der Waals surface area contributed by atoms with Gasteiger partial charge in [-0.25, -0.2) is 0 Å². The van der Waals surface area contributed by atoms with Crippen LogP contribution in [0.2, 0.25) is 0 Å². The highest BCUT2D eigenvalue weighted by atomic mass is 16.5. The fourth-order valence-corrected chi connectivity index (χ4v) is 1.74. The number of carbonyl (C=O) groups excluding carboxylic acids is 1. The lowest BCUT2D eigenvalue weighted by Gasteiger charge is -1.92. The van der Waals surface area contributed by atoms with Crippen molar-refractivity contribution in [2.24, 2.45) is 0 Å². The molecule has 0 saturated heterocycles. The third-order valence-corrected chi connectivity index (χ3v) is 2.78. The fraction of sp³-hybridized carbons (Fsp3) is 0.143. The molecule has 2 aromatic heterocycles. The van der Waals surface area contributed by atoms with E-state index in [1.54, 1.807) is 6.07 Å². The van der Waals surface area contributed by atoms with Crippen molar-refractivity contribution in [3.63, 3.8) is 0 Å². The zero-order valence-electron chi connectivity index (χ0n) is 11.1. The third kappa shape index (κ3) is 2.81. The van der Waals surface area contributed by atoms with E-state index in [-0.39, 0.29) is 18.2 Å². The summed E-state index contributed by atoms with van der Waals surface area (Å²) in [6.45, 7) is 0. The van der Waals surface area contributed by atoms with Crippen molar-refractivity contribution in [2.75, 3.05) is 7.11 Å². The summed E-state index contributed by atoms with van der Waals surface area (Å²) in [6, 6.07) is 11.2.